The number of carbonyl (C=O) groups is 1. The zero-order valence-corrected chi connectivity index (χ0v) is 18.1. The number of benzene rings is 2. The quantitative estimate of drug-likeness (QED) is 0.690. The van der Waals surface area contributed by atoms with Crippen molar-refractivity contribution in [2.75, 3.05) is 33.4 Å². The second kappa shape index (κ2) is 8.89. The van der Waals surface area contributed by atoms with Gasteiger partial charge in [-0.2, -0.15) is 0 Å². The van der Waals surface area contributed by atoms with Gasteiger partial charge in [0, 0.05) is 38.2 Å². The molecule has 1 saturated heterocycles. The van der Waals surface area contributed by atoms with Crippen LogP contribution in [0.2, 0.25) is 0 Å². The number of rotatable bonds is 5. The van der Waals surface area contributed by atoms with E-state index in [0.29, 0.717) is 6.61 Å². The van der Waals surface area contributed by atoms with E-state index in [2.05, 4.69) is 46.2 Å². The van der Waals surface area contributed by atoms with E-state index in [1.807, 2.05) is 0 Å². The lowest BCUT2D eigenvalue weighted by Gasteiger charge is -2.23. The molecule has 3 aliphatic rings. The van der Waals surface area contributed by atoms with E-state index >= 15 is 0 Å². The summed E-state index contributed by atoms with van der Waals surface area (Å²) in [6.07, 6.45) is 2.91. The van der Waals surface area contributed by atoms with Crippen molar-refractivity contribution < 1.29 is 19.0 Å². The lowest BCUT2D eigenvalue weighted by atomic mass is 10.1. The molecule has 31 heavy (non-hydrogen) atoms. The number of hydrogen-bond acceptors (Lipinski definition) is 6. The van der Waals surface area contributed by atoms with Gasteiger partial charge in [0.25, 0.3) is 0 Å². The topological polar surface area (TPSA) is 51.2 Å². The van der Waals surface area contributed by atoms with Gasteiger partial charge in [0.05, 0.1) is 13.7 Å². The van der Waals surface area contributed by atoms with Crippen LogP contribution in [0.4, 0.5) is 0 Å². The third-order valence-corrected chi connectivity index (χ3v) is 6.57. The number of likely N-dealkylation sites (tertiary alicyclic amines) is 1. The normalized spacial score (nSPS) is 21.0. The first kappa shape index (κ1) is 20.3. The highest BCUT2D eigenvalue weighted by molar-refractivity contribution is 5.76. The fourth-order valence-electron chi connectivity index (χ4n) is 4.98. The molecular weight excluding hydrogens is 392 g/mol. The molecule has 3 heterocycles. The molecule has 164 valence electrons. The molecule has 6 heteroatoms. The minimum Gasteiger partial charge on any atom is -0.493 e. The highest BCUT2D eigenvalue weighted by Crippen LogP contribution is 2.29. The lowest BCUT2D eigenvalue weighted by Crippen LogP contribution is -2.36. The van der Waals surface area contributed by atoms with Crippen molar-refractivity contribution in [2.24, 2.45) is 0 Å². The zero-order chi connectivity index (χ0) is 21.2. The van der Waals surface area contributed by atoms with Crippen molar-refractivity contribution >= 4 is 5.97 Å². The summed E-state index contributed by atoms with van der Waals surface area (Å²) in [4.78, 5) is 16.8. The first-order chi connectivity index (χ1) is 15.2. The molecule has 3 aliphatic heterocycles. The maximum absolute atomic E-state index is 12.1. The van der Waals surface area contributed by atoms with Gasteiger partial charge in [0.15, 0.2) is 0 Å². The van der Waals surface area contributed by atoms with E-state index in [0.717, 1.165) is 70.1 Å². The van der Waals surface area contributed by atoms with Crippen molar-refractivity contribution in [3.05, 3.63) is 58.7 Å². The van der Waals surface area contributed by atoms with Gasteiger partial charge in [-0.25, -0.2) is 0 Å². The Morgan fingerprint density at radius 3 is 2.58 bits per heavy atom. The molecule has 1 fully saturated rings. The summed E-state index contributed by atoms with van der Waals surface area (Å²) in [5.41, 5.74) is 5.07. The number of carbonyl (C=O) groups excluding carboxylic acids is 1. The summed E-state index contributed by atoms with van der Waals surface area (Å²) in [6.45, 7) is 5.83. The summed E-state index contributed by atoms with van der Waals surface area (Å²) >= 11 is 0. The van der Waals surface area contributed by atoms with Crippen LogP contribution in [0.25, 0.3) is 0 Å². The van der Waals surface area contributed by atoms with E-state index in [1.165, 1.54) is 29.4 Å². The third-order valence-electron chi connectivity index (χ3n) is 6.57. The van der Waals surface area contributed by atoms with Crippen LogP contribution >= 0.6 is 0 Å². The lowest BCUT2D eigenvalue weighted by molar-refractivity contribution is -0.146. The van der Waals surface area contributed by atoms with Crippen molar-refractivity contribution in [1.29, 1.82) is 0 Å². The molecule has 2 aromatic carbocycles. The fourth-order valence-corrected chi connectivity index (χ4v) is 4.98. The van der Waals surface area contributed by atoms with Gasteiger partial charge in [-0.3, -0.25) is 14.6 Å². The van der Waals surface area contributed by atoms with Gasteiger partial charge in [-0.1, -0.05) is 18.2 Å². The Bertz CT molecular complexity index is 961. The Balaban J connectivity index is 1.29. The fraction of sp³-hybridized carbons (Fsp3) is 0.480. The predicted molar refractivity (Wildman–Crippen MR) is 117 cm³/mol. The minimum absolute atomic E-state index is 0.124. The van der Waals surface area contributed by atoms with Gasteiger partial charge in [0.2, 0.25) is 0 Å². The maximum atomic E-state index is 12.1. The molecule has 0 saturated carbocycles. The van der Waals surface area contributed by atoms with Crippen LogP contribution in [0.3, 0.4) is 0 Å². The molecule has 0 N–H and O–H groups in total. The summed E-state index contributed by atoms with van der Waals surface area (Å²) in [5, 5.41) is 0. The number of methoxy groups -OCH3 is 1. The summed E-state index contributed by atoms with van der Waals surface area (Å²) in [5.74, 6) is 1.88. The van der Waals surface area contributed by atoms with Crippen LogP contribution < -0.4 is 9.47 Å². The third kappa shape index (κ3) is 4.41. The summed E-state index contributed by atoms with van der Waals surface area (Å²) < 4.78 is 16.7. The number of ether oxygens (including phenoxy) is 3. The Hall–Kier alpha value is -2.57. The van der Waals surface area contributed by atoms with Crippen LogP contribution in [0, 0.1) is 0 Å². The van der Waals surface area contributed by atoms with E-state index in [4.69, 9.17) is 14.2 Å². The highest BCUT2D eigenvalue weighted by Gasteiger charge is 2.31. The molecule has 0 amide bonds. The van der Waals surface area contributed by atoms with Crippen molar-refractivity contribution in [3.8, 4) is 11.5 Å². The van der Waals surface area contributed by atoms with Gasteiger partial charge in [0.1, 0.15) is 24.1 Å². The highest BCUT2D eigenvalue weighted by atomic mass is 16.5. The maximum Gasteiger partial charge on any atom is 0.323 e. The van der Waals surface area contributed by atoms with Gasteiger partial charge in [-0.15, -0.1) is 0 Å². The molecule has 1 atom stereocenters. The van der Waals surface area contributed by atoms with E-state index in [1.54, 1.807) is 0 Å². The first-order valence-electron chi connectivity index (χ1n) is 11.2. The SMILES string of the molecule is COC(=O)[C@@H]1CCCN1Cc1ccc2c(c1)CN(Cc1ccc3c(c1)CCO3)CCO2. The summed E-state index contributed by atoms with van der Waals surface area (Å²) in [7, 11) is 1.47. The number of esters is 1. The van der Waals surface area contributed by atoms with Crippen molar-refractivity contribution in [2.45, 2.75) is 44.9 Å². The zero-order valence-electron chi connectivity index (χ0n) is 18.1. The van der Waals surface area contributed by atoms with Crippen molar-refractivity contribution in [1.82, 2.24) is 9.80 Å². The monoisotopic (exact) mass is 422 g/mol. The first-order valence-corrected chi connectivity index (χ1v) is 11.2. The van der Waals surface area contributed by atoms with E-state index in [-0.39, 0.29) is 12.0 Å². The van der Waals surface area contributed by atoms with Crippen LogP contribution in [0.5, 0.6) is 11.5 Å². The molecule has 2 aromatic rings. The van der Waals surface area contributed by atoms with E-state index < -0.39 is 0 Å². The second-order valence-electron chi connectivity index (χ2n) is 8.69. The Morgan fingerprint density at radius 1 is 1.00 bits per heavy atom. The number of fused-ring (bicyclic) bond motifs is 2. The Labute approximate surface area is 183 Å². The molecule has 0 aromatic heterocycles. The van der Waals surface area contributed by atoms with Crippen LogP contribution in [0.1, 0.15) is 35.1 Å². The van der Waals surface area contributed by atoms with Crippen LogP contribution in [-0.2, 0) is 35.6 Å². The van der Waals surface area contributed by atoms with Crippen LogP contribution in [-0.4, -0.2) is 55.2 Å². The standard InChI is InChI=1S/C25H30N2O4/c1-29-25(28)22-3-2-9-27(22)16-19-5-7-24-21(14-19)17-26(10-12-31-24)15-18-4-6-23-20(13-18)8-11-30-23/h4-7,13-14,22H,2-3,8-12,15-17H2,1H3/t22-/m0/s1. The van der Waals surface area contributed by atoms with Gasteiger partial charge >= 0.3 is 5.97 Å². The smallest absolute Gasteiger partial charge is 0.323 e. The summed E-state index contributed by atoms with van der Waals surface area (Å²) in [6, 6.07) is 12.9. The van der Waals surface area contributed by atoms with Gasteiger partial charge < -0.3 is 14.2 Å². The molecule has 0 spiro atoms. The molecule has 0 aliphatic carbocycles. The second-order valence-corrected chi connectivity index (χ2v) is 8.69. The molecule has 5 rings (SSSR count). The molecule has 0 unspecified atom stereocenters. The van der Waals surface area contributed by atoms with Crippen LogP contribution in [0.15, 0.2) is 36.4 Å². The van der Waals surface area contributed by atoms with Crippen molar-refractivity contribution in [3.63, 3.8) is 0 Å². The minimum atomic E-state index is -0.125. The molecule has 0 bridgehead atoms. The molecular formula is C25H30N2O4. The number of hydrogen-bond donors (Lipinski definition) is 0. The average Bonchev–Trinajstić information content (AvgIpc) is 3.39. The Morgan fingerprint density at radius 2 is 1.74 bits per heavy atom. The molecule has 6 nitrogen and oxygen atoms in total. The number of nitrogens with zero attached hydrogens (tertiary/aromatic N) is 2. The van der Waals surface area contributed by atoms with Gasteiger partial charge in [-0.05, 0) is 54.3 Å². The predicted octanol–water partition coefficient (Wildman–Crippen LogP) is 3.15. The Kier molecular flexibility index (Phi) is 5.83. The average molecular weight is 423 g/mol. The largest absolute Gasteiger partial charge is 0.493 e. The molecule has 0 radical (unpaired) electrons. The van der Waals surface area contributed by atoms with E-state index in [9.17, 15) is 4.79 Å².